The lowest BCUT2D eigenvalue weighted by Gasteiger charge is -2.32. The third-order valence-corrected chi connectivity index (χ3v) is 4.24. The predicted octanol–water partition coefficient (Wildman–Crippen LogP) is 2.85. The molecule has 1 N–H and O–H groups in total. The fourth-order valence-electron chi connectivity index (χ4n) is 3.18. The summed E-state index contributed by atoms with van der Waals surface area (Å²) in [6.45, 7) is 1.01. The second kappa shape index (κ2) is 6.11. The molecular formula is C17H19N3O. The lowest BCUT2D eigenvalue weighted by Crippen LogP contribution is -2.38. The zero-order valence-corrected chi connectivity index (χ0v) is 12.0. The minimum absolute atomic E-state index is 0.0883. The molecule has 1 fully saturated rings. The van der Waals surface area contributed by atoms with Crippen molar-refractivity contribution in [1.29, 1.82) is 5.26 Å². The molecule has 1 unspecified atom stereocenters. The van der Waals surface area contributed by atoms with Gasteiger partial charge in [0.1, 0.15) is 6.07 Å². The Kier molecular flexibility index (Phi) is 4.03. The van der Waals surface area contributed by atoms with E-state index in [1.54, 1.807) is 6.20 Å². The van der Waals surface area contributed by atoms with Crippen LogP contribution in [0.2, 0.25) is 0 Å². The molecule has 0 aliphatic carbocycles. The highest BCUT2D eigenvalue weighted by molar-refractivity contribution is 5.94. The first-order valence-electron chi connectivity index (χ1n) is 7.50. The van der Waals surface area contributed by atoms with Gasteiger partial charge in [-0.2, -0.15) is 5.26 Å². The average molecular weight is 281 g/mol. The molecule has 0 radical (unpaired) electrons. The largest absolute Gasteiger partial charge is 0.394 e. The van der Waals surface area contributed by atoms with Crippen molar-refractivity contribution in [3.05, 3.63) is 36.0 Å². The summed E-state index contributed by atoms with van der Waals surface area (Å²) >= 11 is 0. The van der Waals surface area contributed by atoms with Crippen molar-refractivity contribution in [1.82, 2.24) is 4.98 Å². The zero-order valence-electron chi connectivity index (χ0n) is 12.0. The summed E-state index contributed by atoms with van der Waals surface area (Å²) in [5.74, 6) is 0. The van der Waals surface area contributed by atoms with Crippen molar-refractivity contribution in [2.24, 2.45) is 0 Å². The summed E-state index contributed by atoms with van der Waals surface area (Å²) in [5, 5.41) is 20.2. The van der Waals surface area contributed by atoms with Crippen LogP contribution in [0.25, 0.3) is 10.9 Å². The molecule has 0 saturated carbocycles. The van der Waals surface area contributed by atoms with Crippen LogP contribution in [0.1, 0.15) is 31.2 Å². The Morgan fingerprint density at radius 1 is 1.29 bits per heavy atom. The molecule has 108 valence electrons. The van der Waals surface area contributed by atoms with Gasteiger partial charge < -0.3 is 10.0 Å². The zero-order chi connectivity index (χ0) is 14.7. The number of nitriles is 1. The minimum Gasteiger partial charge on any atom is -0.394 e. The molecule has 1 aromatic carbocycles. The van der Waals surface area contributed by atoms with E-state index in [1.165, 1.54) is 6.42 Å². The molecule has 1 atom stereocenters. The van der Waals surface area contributed by atoms with Gasteiger partial charge in [0.2, 0.25) is 0 Å². The number of rotatable bonds is 2. The third kappa shape index (κ3) is 2.57. The van der Waals surface area contributed by atoms with Crippen LogP contribution in [0.3, 0.4) is 0 Å². The van der Waals surface area contributed by atoms with Crippen LogP contribution in [0.15, 0.2) is 30.5 Å². The molecule has 1 saturated heterocycles. The van der Waals surface area contributed by atoms with Gasteiger partial charge in [-0.25, -0.2) is 0 Å². The number of benzene rings is 1. The van der Waals surface area contributed by atoms with Gasteiger partial charge in [0, 0.05) is 18.1 Å². The molecule has 4 nitrogen and oxygen atoms in total. The number of para-hydroxylation sites is 1. The molecule has 0 bridgehead atoms. The van der Waals surface area contributed by atoms with E-state index in [-0.39, 0.29) is 12.6 Å². The second-order valence-corrected chi connectivity index (χ2v) is 5.53. The van der Waals surface area contributed by atoms with Gasteiger partial charge in [0.25, 0.3) is 0 Å². The summed E-state index contributed by atoms with van der Waals surface area (Å²) in [5.41, 5.74) is 2.42. The van der Waals surface area contributed by atoms with Crippen molar-refractivity contribution >= 4 is 16.6 Å². The fourth-order valence-corrected chi connectivity index (χ4v) is 3.18. The number of pyridine rings is 1. The van der Waals surface area contributed by atoms with Crippen LogP contribution in [0.4, 0.5) is 5.69 Å². The molecule has 3 rings (SSSR count). The van der Waals surface area contributed by atoms with E-state index in [2.05, 4.69) is 16.0 Å². The SMILES string of the molecule is N#Cc1cnc2ccccc2c1N1CCCCCC1CO. The molecule has 1 aliphatic rings. The van der Waals surface area contributed by atoms with Gasteiger partial charge in [0.15, 0.2) is 0 Å². The Labute approximate surface area is 124 Å². The fraction of sp³-hybridized carbons (Fsp3) is 0.412. The monoisotopic (exact) mass is 281 g/mol. The highest BCUT2D eigenvalue weighted by atomic mass is 16.3. The quantitative estimate of drug-likeness (QED) is 0.919. The van der Waals surface area contributed by atoms with Crippen molar-refractivity contribution in [2.75, 3.05) is 18.1 Å². The van der Waals surface area contributed by atoms with Crippen LogP contribution < -0.4 is 4.90 Å². The van der Waals surface area contributed by atoms with Gasteiger partial charge in [-0.3, -0.25) is 4.98 Å². The van der Waals surface area contributed by atoms with E-state index in [0.717, 1.165) is 42.4 Å². The Balaban J connectivity index is 2.18. The lowest BCUT2D eigenvalue weighted by atomic mass is 10.1. The maximum Gasteiger partial charge on any atom is 0.103 e. The van der Waals surface area contributed by atoms with E-state index in [4.69, 9.17) is 0 Å². The van der Waals surface area contributed by atoms with Gasteiger partial charge >= 0.3 is 0 Å². The Bertz CT molecular complexity index is 677. The first kappa shape index (κ1) is 13.8. The average Bonchev–Trinajstić information content (AvgIpc) is 2.78. The number of aromatic nitrogens is 1. The Hall–Kier alpha value is -2.12. The van der Waals surface area contributed by atoms with E-state index < -0.39 is 0 Å². The molecule has 2 aromatic rings. The summed E-state index contributed by atoms with van der Waals surface area (Å²) < 4.78 is 0. The number of fused-ring (bicyclic) bond motifs is 1. The van der Waals surface area contributed by atoms with E-state index in [1.807, 2.05) is 24.3 Å². The van der Waals surface area contributed by atoms with Gasteiger partial charge in [-0.05, 0) is 18.9 Å². The first-order chi connectivity index (χ1) is 10.3. The second-order valence-electron chi connectivity index (χ2n) is 5.53. The van der Waals surface area contributed by atoms with Gasteiger partial charge in [-0.15, -0.1) is 0 Å². The highest BCUT2D eigenvalue weighted by Gasteiger charge is 2.24. The minimum atomic E-state index is 0.0883. The maximum atomic E-state index is 9.74. The number of nitrogens with zero attached hydrogens (tertiary/aromatic N) is 3. The third-order valence-electron chi connectivity index (χ3n) is 4.24. The summed E-state index contributed by atoms with van der Waals surface area (Å²) in [6.07, 6.45) is 6.03. The topological polar surface area (TPSA) is 60.2 Å². The number of hydrogen-bond acceptors (Lipinski definition) is 4. The van der Waals surface area contributed by atoms with Crippen molar-refractivity contribution in [3.63, 3.8) is 0 Å². The van der Waals surface area contributed by atoms with Crippen LogP contribution in [0.5, 0.6) is 0 Å². The Morgan fingerprint density at radius 2 is 2.14 bits per heavy atom. The maximum absolute atomic E-state index is 9.74. The van der Waals surface area contributed by atoms with Gasteiger partial charge in [-0.1, -0.05) is 31.0 Å². The summed E-state index contributed by atoms with van der Waals surface area (Å²) in [4.78, 5) is 6.59. The van der Waals surface area contributed by atoms with E-state index in [9.17, 15) is 10.4 Å². The van der Waals surface area contributed by atoms with Crippen molar-refractivity contribution in [2.45, 2.75) is 31.7 Å². The standard InChI is InChI=1S/C17H19N3O/c18-10-13-11-19-16-8-4-3-7-15(16)17(13)20-9-5-1-2-6-14(20)12-21/h3-4,7-8,11,14,21H,1-2,5-6,9,12H2. The predicted molar refractivity (Wildman–Crippen MR) is 83.1 cm³/mol. The molecule has 21 heavy (non-hydrogen) atoms. The van der Waals surface area contributed by atoms with Crippen LogP contribution in [-0.2, 0) is 0 Å². The molecular weight excluding hydrogens is 262 g/mol. The number of anilines is 1. The van der Waals surface area contributed by atoms with Crippen LogP contribution in [-0.4, -0.2) is 29.3 Å². The molecule has 1 aliphatic heterocycles. The number of aliphatic hydroxyl groups excluding tert-OH is 1. The van der Waals surface area contributed by atoms with Crippen LogP contribution >= 0.6 is 0 Å². The summed E-state index contributed by atoms with van der Waals surface area (Å²) in [7, 11) is 0. The van der Waals surface area contributed by atoms with Gasteiger partial charge in [0.05, 0.1) is 29.4 Å². The molecule has 0 spiro atoms. The van der Waals surface area contributed by atoms with Crippen molar-refractivity contribution in [3.8, 4) is 6.07 Å². The van der Waals surface area contributed by atoms with Crippen molar-refractivity contribution < 1.29 is 5.11 Å². The van der Waals surface area contributed by atoms with Crippen LogP contribution in [0, 0.1) is 11.3 Å². The first-order valence-corrected chi connectivity index (χ1v) is 7.50. The smallest absolute Gasteiger partial charge is 0.103 e. The molecule has 0 amide bonds. The normalized spacial score (nSPS) is 19.2. The lowest BCUT2D eigenvalue weighted by molar-refractivity contribution is 0.255. The molecule has 4 heteroatoms. The Morgan fingerprint density at radius 3 is 2.95 bits per heavy atom. The molecule has 1 aromatic heterocycles. The number of aliphatic hydroxyl groups is 1. The molecule has 2 heterocycles. The highest BCUT2D eigenvalue weighted by Crippen LogP contribution is 2.33. The van der Waals surface area contributed by atoms with E-state index >= 15 is 0 Å². The van der Waals surface area contributed by atoms with E-state index in [0.29, 0.717) is 5.56 Å². The number of hydrogen-bond donors (Lipinski definition) is 1. The summed E-state index contributed by atoms with van der Waals surface area (Å²) in [6, 6.07) is 10.3.